The number of rotatable bonds is 1. The molecule has 2 aliphatic heterocycles. The zero-order valence-electron chi connectivity index (χ0n) is 17.8. The second-order valence-corrected chi connectivity index (χ2v) is 11.4. The lowest BCUT2D eigenvalue weighted by Gasteiger charge is -2.42. The molecule has 2 fully saturated rings. The molecule has 3 heterocycles. The molecule has 0 unspecified atom stereocenters. The number of nitrogens with zero attached hydrogens (tertiary/aromatic N) is 1. The first-order valence-corrected chi connectivity index (χ1v) is 12.3. The summed E-state index contributed by atoms with van der Waals surface area (Å²) in [6.07, 6.45) is 4.47. The summed E-state index contributed by atoms with van der Waals surface area (Å²) in [7, 11) is -1.59. The Morgan fingerprint density at radius 3 is 2.43 bits per heavy atom. The van der Waals surface area contributed by atoms with Gasteiger partial charge in [-0.25, -0.2) is 4.79 Å². The minimum absolute atomic E-state index is 0.182. The van der Waals surface area contributed by atoms with Gasteiger partial charge in [-0.2, -0.15) is 0 Å². The van der Waals surface area contributed by atoms with Crippen LogP contribution in [0.25, 0.3) is 16.5 Å². The number of para-hydroxylation sites is 1. The van der Waals surface area contributed by atoms with E-state index in [9.17, 15) is 9.36 Å². The molecule has 5 rings (SSSR count). The molecule has 0 bridgehead atoms. The van der Waals surface area contributed by atoms with Gasteiger partial charge in [-0.3, -0.25) is 4.57 Å². The fraction of sp³-hybridized carbons (Fsp3) is 0.522. The number of benzene rings is 1. The number of fused-ring (bicyclic) bond motifs is 3. The normalized spacial score (nSPS) is 26.0. The van der Waals surface area contributed by atoms with Gasteiger partial charge in [0.2, 0.25) is 0 Å². The summed E-state index contributed by atoms with van der Waals surface area (Å²) in [6, 6.07) is 7.92. The molecular weight excluding hydrogens is 401 g/mol. The standard InChI is InChI=1S/C23H28NO5P/c1-22(2)14-27-30(26,28-15-22)13-17-19-16-9-5-6-10-18(16)24(3)20(19)21(25)29-23(17)11-7-4-8-12-23/h5-6,9-10,13H,4,7-8,11-12,14-15H2,1-3H3/b17-13-. The van der Waals surface area contributed by atoms with Gasteiger partial charge < -0.3 is 18.4 Å². The fourth-order valence-electron chi connectivity index (χ4n) is 4.93. The van der Waals surface area contributed by atoms with Crippen LogP contribution in [0, 0.1) is 5.41 Å². The second kappa shape index (κ2) is 6.81. The molecule has 1 aliphatic carbocycles. The predicted octanol–water partition coefficient (Wildman–Crippen LogP) is 5.66. The molecule has 160 valence electrons. The Morgan fingerprint density at radius 1 is 1.07 bits per heavy atom. The van der Waals surface area contributed by atoms with Crippen LogP contribution in [0.2, 0.25) is 0 Å². The Kier molecular flexibility index (Phi) is 4.55. The van der Waals surface area contributed by atoms with Crippen molar-refractivity contribution in [3.63, 3.8) is 0 Å². The first-order chi connectivity index (χ1) is 14.2. The van der Waals surface area contributed by atoms with E-state index in [2.05, 4.69) is 0 Å². The zero-order valence-corrected chi connectivity index (χ0v) is 18.7. The van der Waals surface area contributed by atoms with E-state index in [1.54, 1.807) is 5.82 Å². The van der Waals surface area contributed by atoms with Gasteiger partial charge in [-0.15, -0.1) is 0 Å². The summed E-state index contributed by atoms with van der Waals surface area (Å²) in [5.41, 5.74) is 2.10. The van der Waals surface area contributed by atoms with Crippen LogP contribution in [0.15, 0.2) is 30.1 Å². The molecule has 3 aliphatic rings. The molecular formula is C23H28NO5P. The van der Waals surface area contributed by atoms with Crippen molar-refractivity contribution in [2.45, 2.75) is 51.6 Å². The van der Waals surface area contributed by atoms with Crippen molar-refractivity contribution >= 4 is 30.0 Å². The maximum absolute atomic E-state index is 13.6. The van der Waals surface area contributed by atoms with Crippen molar-refractivity contribution in [1.29, 1.82) is 0 Å². The first-order valence-electron chi connectivity index (χ1n) is 10.7. The number of aromatic nitrogens is 1. The number of hydrogen-bond acceptors (Lipinski definition) is 5. The molecule has 0 radical (unpaired) electrons. The van der Waals surface area contributed by atoms with E-state index in [-0.39, 0.29) is 11.4 Å². The lowest BCUT2D eigenvalue weighted by atomic mass is 9.75. The number of carbonyl (C=O) groups is 1. The summed E-state index contributed by atoms with van der Waals surface area (Å²) in [4.78, 5) is 13.2. The Balaban J connectivity index is 1.74. The average molecular weight is 429 g/mol. The number of carbonyl (C=O) groups excluding carboxylic acids is 1. The van der Waals surface area contributed by atoms with E-state index in [1.165, 1.54) is 0 Å². The molecule has 6 nitrogen and oxygen atoms in total. The molecule has 0 atom stereocenters. The molecule has 30 heavy (non-hydrogen) atoms. The second-order valence-electron chi connectivity index (χ2n) is 9.54. The molecule has 0 N–H and O–H groups in total. The van der Waals surface area contributed by atoms with Crippen LogP contribution in [-0.2, 0) is 25.4 Å². The highest BCUT2D eigenvalue weighted by Crippen LogP contribution is 2.60. The number of hydrogen-bond donors (Lipinski definition) is 0. The molecule has 1 saturated heterocycles. The van der Waals surface area contributed by atoms with Gasteiger partial charge in [-0.1, -0.05) is 38.5 Å². The molecule has 0 amide bonds. The van der Waals surface area contributed by atoms with Crippen LogP contribution in [0.5, 0.6) is 0 Å². The van der Waals surface area contributed by atoms with Crippen LogP contribution >= 0.6 is 7.60 Å². The molecule has 7 heteroatoms. The summed E-state index contributed by atoms with van der Waals surface area (Å²) in [5.74, 6) is 1.35. The maximum Gasteiger partial charge on any atom is 0.356 e. The van der Waals surface area contributed by atoms with Crippen LogP contribution in [0.4, 0.5) is 0 Å². The summed E-state index contributed by atoms with van der Waals surface area (Å²) in [6.45, 7) is 4.78. The minimum atomic E-state index is -3.46. The largest absolute Gasteiger partial charge is 0.449 e. The lowest BCUT2D eigenvalue weighted by molar-refractivity contribution is -0.0108. The number of aryl methyl sites for hydroxylation is 1. The SMILES string of the molecule is Cn1c2c(c3ccccc31)/C(=C/P1(=O)OCC(C)(C)CO1)C1(CCCCC1)OC2=O. The highest BCUT2D eigenvalue weighted by molar-refractivity contribution is 7.57. The molecule has 1 aromatic carbocycles. The zero-order chi connectivity index (χ0) is 21.1. The molecule has 2 aromatic rings. The number of esters is 1. The lowest BCUT2D eigenvalue weighted by Crippen LogP contribution is -2.42. The third-order valence-corrected chi connectivity index (χ3v) is 8.12. The van der Waals surface area contributed by atoms with Crippen molar-refractivity contribution in [2.24, 2.45) is 12.5 Å². The van der Waals surface area contributed by atoms with E-state index in [0.29, 0.717) is 18.9 Å². The molecule has 1 saturated carbocycles. The van der Waals surface area contributed by atoms with Crippen molar-refractivity contribution in [1.82, 2.24) is 4.57 Å². The average Bonchev–Trinajstić information content (AvgIpc) is 3.02. The third kappa shape index (κ3) is 3.08. The van der Waals surface area contributed by atoms with Gasteiger partial charge in [0.05, 0.1) is 13.2 Å². The third-order valence-electron chi connectivity index (χ3n) is 6.57. The van der Waals surface area contributed by atoms with E-state index in [0.717, 1.165) is 54.1 Å². The first kappa shape index (κ1) is 20.0. The van der Waals surface area contributed by atoms with E-state index < -0.39 is 13.2 Å². The van der Waals surface area contributed by atoms with Gasteiger partial charge in [0, 0.05) is 40.3 Å². The van der Waals surface area contributed by atoms with Gasteiger partial charge in [-0.05, 0) is 31.7 Å². The summed E-state index contributed by atoms with van der Waals surface area (Å²) in [5, 5.41) is 0.965. The topological polar surface area (TPSA) is 66.8 Å². The Bertz CT molecular complexity index is 1090. The van der Waals surface area contributed by atoms with Crippen LogP contribution < -0.4 is 0 Å². The van der Waals surface area contributed by atoms with Gasteiger partial charge in [0.15, 0.2) is 0 Å². The van der Waals surface area contributed by atoms with Gasteiger partial charge in [0.1, 0.15) is 11.3 Å². The maximum atomic E-state index is 13.6. The van der Waals surface area contributed by atoms with Crippen molar-refractivity contribution in [2.75, 3.05) is 13.2 Å². The number of ether oxygens (including phenoxy) is 1. The van der Waals surface area contributed by atoms with E-state index in [4.69, 9.17) is 13.8 Å². The van der Waals surface area contributed by atoms with Crippen LogP contribution in [-0.4, -0.2) is 29.4 Å². The summed E-state index contributed by atoms with van der Waals surface area (Å²) < 4.78 is 33.2. The van der Waals surface area contributed by atoms with E-state index >= 15 is 0 Å². The van der Waals surface area contributed by atoms with E-state index in [1.807, 2.05) is 49.7 Å². The molecule has 1 aromatic heterocycles. The van der Waals surface area contributed by atoms with Crippen molar-refractivity contribution in [3.05, 3.63) is 41.3 Å². The Morgan fingerprint density at radius 2 is 1.73 bits per heavy atom. The fourth-order valence-corrected chi connectivity index (χ4v) is 6.89. The van der Waals surface area contributed by atoms with Gasteiger partial charge >= 0.3 is 13.6 Å². The molecule has 1 spiro atoms. The Labute approximate surface area is 176 Å². The quantitative estimate of drug-likeness (QED) is 0.432. The van der Waals surface area contributed by atoms with Crippen LogP contribution in [0.3, 0.4) is 0 Å². The Hall–Kier alpha value is -1.88. The van der Waals surface area contributed by atoms with Crippen molar-refractivity contribution < 1.29 is 23.1 Å². The smallest absolute Gasteiger partial charge is 0.356 e. The highest BCUT2D eigenvalue weighted by atomic mass is 31.2. The van der Waals surface area contributed by atoms with Crippen LogP contribution in [0.1, 0.15) is 62.0 Å². The van der Waals surface area contributed by atoms with Gasteiger partial charge in [0.25, 0.3) is 0 Å². The van der Waals surface area contributed by atoms with Crippen molar-refractivity contribution in [3.8, 4) is 0 Å². The monoisotopic (exact) mass is 429 g/mol. The highest BCUT2D eigenvalue weighted by Gasteiger charge is 2.49. The summed E-state index contributed by atoms with van der Waals surface area (Å²) >= 11 is 0. The minimum Gasteiger partial charge on any atom is -0.449 e. The predicted molar refractivity (Wildman–Crippen MR) is 115 cm³/mol.